The van der Waals surface area contributed by atoms with E-state index in [1.54, 1.807) is 6.07 Å². The van der Waals surface area contributed by atoms with Gasteiger partial charge < -0.3 is 15.1 Å². The number of thiazole rings is 1. The van der Waals surface area contributed by atoms with Crippen LogP contribution in [0.1, 0.15) is 41.0 Å². The Bertz CT molecular complexity index is 1030. The molecule has 3 amide bonds. The van der Waals surface area contributed by atoms with E-state index >= 15 is 0 Å². The number of fused-ring (bicyclic) bond motifs is 1. The maximum atomic E-state index is 13.6. The quantitative estimate of drug-likeness (QED) is 0.593. The summed E-state index contributed by atoms with van der Waals surface area (Å²) in [5.41, 5.74) is 1.35. The van der Waals surface area contributed by atoms with Crippen LogP contribution < -0.4 is 16.0 Å². The van der Waals surface area contributed by atoms with Crippen molar-refractivity contribution in [2.75, 3.05) is 12.4 Å². The Kier molecular flexibility index (Phi) is 5.64. The lowest BCUT2D eigenvalue weighted by Crippen LogP contribution is -2.35. The summed E-state index contributed by atoms with van der Waals surface area (Å²) in [4.78, 5) is 28.0. The van der Waals surface area contributed by atoms with E-state index in [4.69, 9.17) is 4.42 Å². The van der Waals surface area contributed by atoms with Crippen molar-refractivity contribution in [3.63, 3.8) is 0 Å². The van der Waals surface area contributed by atoms with Crippen LogP contribution in [-0.4, -0.2) is 24.0 Å². The summed E-state index contributed by atoms with van der Waals surface area (Å²) in [6.07, 6.45) is 1.43. The molecule has 28 heavy (non-hydrogen) atoms. The van der Waals surface area contributed by atoms with Crippen molar-refractivity contribution >= 4 is 39.2 Å². The Labute approximate surface area is 165 Å². The molecule has 0 bridgehead atoms. The Hall–Kier alpha value is -2.94. The van der Waals surface area contributed by atoms with Gasteiger partial charge in [0, 0.05) is 18.0 Å². The van der Waals surface area contributed by atoms with Crippen molar-refractivity contribution in [3.05, 3.63) is 46.5 Å². The summed E-state index contributed by atoms with van der Waals surface area (Å²) in [7, 11) is 1.51. The first-order valence-electron chi connectivity index (χ1n) is 8.74. The molecule has 3 aromatic rings. The molecule has 1 atom stereocenters. The number of furan rings is 1. The van der Waals surface area contributed by atoms with Crippen molar-refractivity contribution in [2.45, 2.75) is 26.8 Å². The van der Waals surface area contributed by atoms with Crippen LogP contribution in [0.25, 0.3) is 11.0 Å². The minimum absolute atomic E-state index is 0.0257. The molecule has 9 heteroatoms. The molecule has 148 valence electrons. The zero-order valence-electron chi connectivity index (χ0n) is 15.9. The van der Waals surface area contributed by atoms with Gasteiger partial charge in [-0.2, -0.15) is 0 Å². The molecule has 2 heterocycles. The molecular formula is C19H21FN4O3S. The number of hydrogen-bond donors (Lipinski definition) is 3. The molecular weight excluding hydrogens is 383 g/mol. The summed E-state index contributed by atoms with van der Waals surface area (Å²) < 4.78 is 19.5. The lowest BCUT2D eigenvalue weighted by molar-refractivity contribution is 0.0962. The zero-order valence-corrected chi connectivity index (χ0v) is 16.7. The van der Waals surface area contributed by atoms with Gasteiger partial charge in [-0.05, 0) is 31.0 Å². The van der Waals surface area contributed by atoms with Crippen LogP contribution in [-0.2, 0) is 0 Å². The molecule has 1 aromatic carbocycles. The fraction of sp³-hybridized carbons (Fsp3) is 0.316. The number of carbonyl (C=O) groups is 2. The van der Waals surface area contributed by atoms with Crippen LogP contribution in [0.3, 0.4) is 0 Å². The van der Waals surface area contributed by atoms with Gasteiger partial charge in [-0.1, -0.05) is 25.2 Å². The largest absolute Gasteiger partial charge is 0.459 e. The maximum absolute atomic E-state index is 13.6. The molecule has 3 N–H and O–H groups in total. The Morgan fingerprint density at radius 1 is 1.29 bits per heavy atom. The van der Waals surface area contributed by atoms with E-state index in [0.29, 0.717) is 21.7 Å². The number of nitrogens with zero attached hydrogens (tertiary/aromatic N) is 1. The van der Waals surface area contributed by atoms with E-state index < -0.39 is 12.1 Å². The third-order valence-corrected chi connectivity index (χ3v) is 5.25. The first-order valence-corrected chi connectivity index (χ1v) is 9.55. The molecule has 0 aliphatic heterocycles. The summed E-state index contributed by atoms with van der Waals surface area (Å²) >= 11 is 1.07. The highest BCUT2D eigenvalue weighted by molar-refractivity contribution is 7.17. The van der Waals surface area contributed by atoms with Crippen LogP contribution >= 0.6 is 11.3 Å². The number of urea groups is 1. The average molecular weight is 404 g/mol. The van der Waals surface area contributed by atoms with Gasteiger partial charge in [-0.3, -0.25) is 10.1 Å². The third kappa shape index (κ3) is 3.99. The van der Waals surface area contributed by atoms with Gasteiger partial charge in [0.25, 0.3) is 5.91 Å². The van der Waals surface area contributed by atoms with Gasteiger partial charge in [-0.15, -0.1) is 0 Å². The lowest BCUT2D eigenvalue weighted by atomic mass is 9.98. The number of benzene rings is 1. The first kappa shape index (κ1) is 19.8. The lowest BCUT2D eigenvalue weighted by Gasteiger charge is -2.21. The predicted octanol–water partition coefficient (Wildman–Crippen LogP) is 4.22. The first-order chi connectivity index (χ1) is 13.3. The molecule has 0 saturated carbocycles. The van der Waals surface area contributed by atoms with Gasteiger partial charge >= 0.3 is 6.03 Å². The number of hydrogen-bond acceptors (Lipinski definition) is 5. The standard InChI is InChI=1S/C19H21FN4O3S/c1-9(2)15(16-10(3)12-7-11(20)5-6-13(12)27-16)24-19(26)23-14-8-22-18(28-14)17(25)21-4/h5-9,15H,1-4H3,(H,21,25)(H2,23,24,26). The summed E-state index contributed by atoms with van der Waals surface area (Å²) in [6, 6.07) is 3.48. The minimum atomic E-state index is -0.447. The van der Waals surface area contributed by atoms with E-state index in [1.165, 1.54) is 25.4 Å². The molecule has 0 fully saturated rings. The molecule has 1 unspecified atom stereocenters. The smallest absolute Gasteiger partial charge is 0.320 e. The van der Waals surface area contributed by atoms with Crippen molar-refractivity contribution in [1.82, 2.24) is 15.6 Å². The molecule has 0 spiro atoms. The molecule has 0 aliphatic rings. The zero-order chi connectivity index (χ0) is 20.4. The van der Waals surface area contributed by atoms with Gasteiger partial charge in [0.2, 0.25) is 0 Å². The number of anilines is 1. The van der Waals surface area contributed by atoms with Crippen molar-refractivity contribution in [2.24, 2.45) is 5.92 Å². The molecule has 0 radical (unpaired) electrons. The van der Waals surface area contributed by atoms with Gasteiger partial charge in [0.15, 0.2) is 5.01 Å². The number of nitrogens with one attached hydrogen (secondary N) is 3. The van der Waals surface area contributed by atoms with E-state index in [9.17, 15) is 14.0 Å². The second-order valence-corrected chi connectivity index (χ2v) is 7.69. The monoisotopic (exact) mass is 404 g/mol. The maximum Gasteiger partial charge on any atom is 0.320 e. The third-order valence-electron chi connectivity index (χ3n) is 4.33. The Morgan fingerprint density at radius 3 is 2.71 bits per heavy atom. The Balaban J connectivity index is 1.80. The number of aromatic nitrogens is 1. The fourth-order valence-electron chi connectivity index (χ4n) is 2.88. The molecule has 2 aromatic heterocycles. The van der Waals surface area contributed by atoms with Crippen LogP contribution in [0, 0.1) is 18.7 Å². The van der Waals surface area contributed by atoms with Crippen LogP contribution in [0.15, 0.2) is 28.8 Å². The molecule has 0 saturated heterocycles. The van der Waals surface area contributed by atoms with Gasteiger partial charge in [0.05, 0.1) is 12.2 Å². The highest BCUT2D eigenvalue weighted by atomic mass is 32.1. The highest BCUT2D eigenvalue weighted by Crippen LogP contribution is 2.33. The summed E-state index contributed by atoms with van der Waals surface area (Å²) in [6.45, 7) is 5.75. The number of halogens is 1. The minimum Gasteiger partial charge on any atom is -0.459 e. The highest BCUT2D eigenvalue weighted by Gasteiger charge is 2.25. The summed E-state index contributed by atoms with van der Waals surface area (Å²) in [5.74, 6) is -0.0469. The van der Waals surface area contributed by atoms with E-state index in [-0.39, 0.29) is 22.6 Å². The van der Waals surface area contributed by atoms with Crippen molar-refractivity contribution in [1.29, 1.82) is 0 Å². The van der Waals surface area contributed by atoms with E-state index in [0.717, 1.165) is 16.9 Å². The van der Waals surface area contributed by atoms with Crippen LogP contribution in [0.5, 0.6) is 0 Å². The number of rotatable bonds is 5. The molecule has 3 rings (SSSR count). The topological polar surface area (TPSA) is 96.3 Å². The average Bonchev–Trinajstić information content (AvgIpc) is 3.24. The van der Waals surface area contributed by atoms with Crippen LogP contribution in [0.2, 0.25) is 0 Å². The normalized spacial score (nSPS) is 12.2. The molecule has 0 aliphatic carbocycles. The van der Waals surface area contributed by atoms with Gasteiger partial charge in [-0.25, -0.2) is 14.2 Å². The molecule has 7 nitrogen and oxygen atoms in total. The van der Waals surface area contributed by atoms with Gasteiger partial charge in [0.1, 0.15) is 22.2 Å². The Morgan fingerprint density at radius 2 is 2.04 bits per heavy atom. The van der Waals surface area contributed by atoms with Crippen molar-refractivity contribution in [3.8, 4) is 0 Å². The summed E-state index contributed by atoms with van der Waals surface area (Å²) in [5, 5.41) is 9.44. The van der Waals surface area contributed by atoms with Crippen molar-refractivity contribution < 1.29 is 18.4 Å². The number of aryl methyl sites for hydroxylation is 1. The predicted molar refractivity (Wildman–Crippen MR) is 106 cm³/mol. The second kappa shape index (κ2) is 7.97. The van der Waals surface area contributed by atoms with E-state index in [1.807, 2.05) is 20.8 Å². The van der Waals surface area contributed by atoms with Crippen LogP contribution in [0.4, 0.5) is 14.2 Å². The van der Waals surface area contributed by atoms with E-state index in [2.05, 4.69) is 20.9 Å². The second-order valence-electron chi connectivity index (χ2n) is 6.66. The number of amides is 3. The SMILES string of the molecule is CNC(=O)c1ncc(NC(=O)NC(c2oc3ccc(F)cc3c2C)C(C)C)s1. The fourth-order valence-corrected chi connectivity index (χ4v) is 3.63. The number of carbonyl (C=O) groups excluding carboxylic acids is 2.